The van der Waals surface area contributed by atoms with E-state index in [9.17, 15) is 4.79 Å². The van der Waals surface area contributed by atoms with Crippen LogP contribution in [0.5, 0.6) is 0 Å². The van der Waals surface area contributed by atoms with Gasteiger partial charge in [-0.1, -0.05) is 41.9 Å². The van der Waals surface area contributed by atoms with Gasteiger partial charge in [0.25, 0.3) is 0 Å². The lowest BCUT2D eigenvalue weighted by atomic mass is 10.0. The van der Waals surface area contributed by atoms with Crippen LogP contribution in [0, 0.1) is 5.92 Å². The predicted octanol–water partition coefficient (Wildman–Crippen LogP) is 4.70. The highest BCUT2D eigenvalue weighted by Gasteiger charge is 2.16. The lowest BCUT2D eigenvalue weighted by Gasteiger charge is -2.21. The van der Waals surface area contributed by atoms with E-state index in [-0.39, 0.29) is 0 Å². The fourth-order valence-corrected chi connectivity index (χ4v) is 3.67. The molecule has 0 saturated carbocycles. The summed E-state index contributed by atoms with van der Waals surface area (Å²) < 4.78 is 0.823. The zero-order valence-corrected chi connectivity index (χ0v) is 14.4. The van der Waals surface area contributed by atoms with E-state index >= 15 is 0 Å². The molecule has 0 aliphatic heterocycles. The third-order valence-corrected chi connectivity index (χ3v) is 5.02. The molecule has 21 heavy (non-hydrogen) atoms. The van der Waals surface area contributed by atoms with Gasteiger partial charge >= 0.3 is 5.97 Å². The Bertz CT molecular complexity index is 611. The van der Waals surface area contributed by atoms with E-state index in [1.54, 1.807) is 23.5 Å². The summed E-state index contributed by atoms with van der Waals surface area (Å²) in [7, 11) is 0. The molecule has 112 valence electrons. The number of carbonyl (C=O) groups is 1. The SMILES string of the molecule is CC(C)C(NCc1ccc(C(=O)O)cc1Br)c1cccs1. The third-order valence-electron chi connectivity index (χ3n) is 3.33. The molecule has 0 spiro atoms. The lowest BCUT2D eigenvalue weighted by Crippen LogP contribution is -2.24. The van der Waals surface area contributed by atoms with Crippen molar-refractivity contribution < 1.29 is 9.90 Å². The Hall–Kier alpha value is -1.17. The highest BCUT2D eigenvalue weighted by atomic mass is 79.9. The topological polar surface area (TPSA) is 49.3 Å². The summed E-state index contributed by atoms with van der Waals surface area (Å²) in [5.74, 6) is -0.422. The summed E-state index contributed by atoms with van der Waals surface area (Å²) in [6.07, 6.45) is 0. The smallest absolute Gasteiger partial charge is 0.335 e. The number of nitrogens with one attached hydrogen (secondary N) is 1. The van der Waals surface area contributed by atoms with Crippen molar-refractivity contribution in [2.75, 3.05) is 0 Å². The molecule has 0 saturated heterocycles. The largest absolute Gasteiger partial charge is 0.478 e. The second-order valence-corrected chi connectivity index (χ2v) is 7.06. The second-order valence-electron chi connectivity index (χ2n) is 5.23. The fourth-order valence-electron chi connectivity index (χ4n) is 2.18. The van der Waals surface area contributed by atoms with Crippen LogP contribution in [0.1, 0.15) is 40.7 Å². The summed E-state index contributed by atoms with van der Waals surface area (Å²) >= 11 is 5.20. The van der Waals surface area contributed by atoms with Crippen LogP contribution in [0.3, 0.4) is 0 Å². The van der Waals surface area contributed by atoms with Crippen LogP contribution < -0.4 is 5.32 Å². The number of halogens is 1. The fraction of sp³-hybridized carbons (Fsp3) is 0.312. The maximum absolute atomic E-state index is 10.9. The van der Waals surface area contributed by atoms with Gasteiger partial charge < -0.3 is 10.4 Å². The molecule has 1 heterocycles. The molecule has 0 bridgehead atoms. The van der Waals surface area contributed by atoms with E-state index in [2.05, 4.69) is 52.6 Å². The standard InChI is InChI=1S/C16H18BrNO2S/c1-10(2)15(14-4-3-7-21-14)18-9-12-6-5-11(16(19)20)8-13(12)17/h3-8,10,15,18H,9H2,1-2H3,(H,19,20). The van der Waals surface area contributed by atoms with E-state index < -0.39 is 5.97 Å². The molecule has 2 N–H and O–H groups in total. The first kappa shape index (κ1) is 16.2. The van der Waals surface area contributed by atoms with E-state index in [0.29, 0.717) is 24.1 Å². The Morgan fingerprint density at radius 1 is 1.38 bits per heavy atom. The van der Waals surface area contributed by atoms with Crippen molar-refractivity contribution in [3.63, 3.8) is 0 Å². The molecule has 2 rings (SSSR count). The van der Waals surface area contributed by atoms with Gasteiger partial charge in [0.05, 0.1) is 5.56 Å². The first-order valence-electron chi connectivity index (χ1n) is 6.77. The van der Waals surface area contributed by atoms with Crippen molar-refractivity contribution in [2.45, 2.75) is 26.4 Å². The molecule has 1 aromatic heterocycles. The minimum absolute atomic E-state index is 0.296. The van der Waals surface area contributed by atoms with Crippen LogP contribution in [0.15, 0.2) is 40.2 Å². The van der Waals surface area contributed by atoms with Crippen molar-refractivity contribution in [1.29, 1.82) is 0 Å². The number of hydrogen-bond donors (Lipinski definition) is 2. The van der Waals surface area contributed by atoms with Gasteiger partial charge in [0.15, 0.2) is 0 Å². The number of carboxylic acids is 1. The van der Waals surface area contributed by atoms with Gasteiger partial charge in [0, 0.05) is 21.9 Å². The van der Waals surface area contributed by atoms with Crippen molar-refractivity contribution in [3.8, 4) is 0 Å². The Morgan fingerprint density at radius 2 is 2.14 bits per heavy atom. The van der Waals surface area contributed by atoms with Gasteiger partial charge in [-0.05, 0) is 35.1 Å². The molecule has 5 heteroatoms. The Kier molecular flexibility index (Phi) is 5.56. The van der Waals surface area contributed by atoms with Gasteiger partial charge in [-0.3, -0.25) is 0 Å². The van der Waals surface area contributed by atoms with E-state index in [1.807, 2.05) is 6.07 Å². The molecule has 3 nitrogen and oxygen atoms in total. The van der Waals surface area contributed by atoms with Gasteiger partial charge in [0.2, 0.25) is 0 Å². The number of hydrogen-bond acceptors (Lipinski definition) is 3. The predicted molar refractivity (Wildman–Crippen MR) is 89.8 cm³/mol. The molecule has 1 unspecified atom stereocenters. The van der Waals surface area contributed by atoms with Crippen molar-refractivity contribution >= 4 is 33.2 Å². The lowest BCUT2D eigenvalue weighted by molar-refractivity contribution is 0.0697. The zero-order valence-electron chi connectivity index (χ0n) is 12.0. The van der Waals surface area contributed by atoms with Crippen LogP contribution in [0.25, 0.3) is 0 Å². The Morgan fingerprint density at radius 3 is 2.67 bits per heavy atom. The number of carboxylic acid groups (broad SMARTS) is 1. The normalized spacial score (nSPS) is 12.6. The summed E-state index contributed by atoms with van der Waals surface area (Å²) in [6, 6.07) is 9.65. The van der Waals surface area contributed by atoms with Gasteiger partial charge in [-0.2, -0.15) is 0 Å². The first-order valence-corrected chi connectivity index (χ1v) is 8.45. The molecular formula is C16H18BrNO2S. The highest BCUT2D eigenvalue weighted by Crippen LogP contribution is 2.27. The zero-order chi connectivity index (χ0) is 15.4. The number of thiophene rings is 1. The molecule has 1 aromatic carbocycles. The van der Waals surface area contributed by atoms with E-state index in [4.69, 9.17) is 5.11 Å². The molecule has 0 amide bonds. The Balaban J connectivity index is 2.09. The molecule has 0 aliphatic rings. The molecular weight excluding hydrogens is 350 g/mol. The van der Waals surface area contributed by atoms with Crippen molar-refractivity contribution in [3.05, 3.63) is 56.2 Å². The molecule has 1 atom stereocenters. The van der Waals surface area contributed by atoms with Crippen molar-refractivity contribution in [1.82, 2.24) is 5.32 Å². The summed E-state index contributed by atoms with van der Waals surface area (Å²) in [5.41, 5.74) is 1.35. The minimum Gasteiger partial charge on any atom is -0.478 e. The Labute approximate surface area is 137 Å². The number of rotatable bonds is 6. The molecule has 0 radical (unpaired) electrons. The quantitative estimate of drug-likeness (QED) is 0.777. The highest BCUT2D eigenvalue weighted by molar-refractivity contribution is 9.10. The first-order chi connectivity index (χ1) is 9.99. The average Bonchev–Trinajstić information content (AvgIpc) is 2.93. The van der Waals surface area contributed by atoms with Gasteiger partial charge in [-0.25, -0.2) is 4.79 Å². The maximum Gasteiger partial charge on any atom is 0.335 e. The molecule has 0 aliphatic carbocycles. The van der Waals surface area contributed by atoms with Crippen LogP contribution in [0.4, 0.5) is 0 Å². The minimum atomic E-state index is -0.908. The molecule has 0 fully saturated rings. The van der Waals surface area contributed by atoms with Crippen molar-refractivity contribution in [2.24, 2.45) is 5.92 Å². The molecule has 2 aromatic rings. The third kappa shape index (κ3) is 4.15. The second kappa shape index (κ2) is 7.20. The number of benzene rings is 1. The van der Waals surface area contributed by atoms with Gasteiger partial charge in [-0.15, -0.1) is 11.3 Å². The maximum atomic E-state index is 10.9. The van der Waals surface area contributed by atoms with Gasteiger partial charge in [0.1, 0.15) is 0 Å². The summed E-state index contributed by atoms with van der Waals surface area (Å²) in [4.78, 5) is 12.3. The van der Waals surface area contributed by atoms with Crippen LogP contribution >= 0.6 is 27.3 Å². The summed E-state index contributed by atoms with van der Waals surface area (Å²) in [5, 5.41) is 14.6. The monoisotopic (exact) mass is 367 g/mol. The van der Waals surface area contributed by atoms with Crippen LogP contribution in [-0.2, 0) is 6.54 Å². The number of aromatic carboxylic acids is 1. The van der Waals surface area contributed by atoms with E-state index in [0.717, 1.165) is 10.0 Å². The van der Waals surface area contributed by atoms with Crippen LogP contribution in [0.2, 0.25) is 0 Å². The van der Waals surface area contributed by atoms with E-state index in [1.165, 1.54) is 4.88 Å². The van der Waals surface area contributed by atoms with Crippen LogP contribution in [-0.4, -0.2) is 11.1 Å². The average molecular weight is 368 g/mol. The summed E-state index contributed by atoms with van der Waals surface area (Å²) in [6.45, 7) is 5.08.